The van der Waals surface area contributed by atoms with Crippen molar-refractivity contribution in [3.63, 3.8) is 0 Å². The van der Waals surface area contributed by atoms with Gasteiger partial charge in [-0.2, -0.15) is 10.1 Å². The average Bonchev–Trinajstić information content (AvgIpc) is 3.07. The summed E-state index contributed by atoms with van der Waals surface area (Å²) in [4.78, 5) is 27.5. The third-order valence-electron chi connectivity index (χ3n) is 3.54. The summed E-state index contributed by atoms with van der Waals surface area (Å²) in [6, 6.07) is 6.12. The Hall–Kier alpha value is -3.25. The topological polar surface area (TPSA) is 95.3 Å². The van der Waals surface area contributed by atoms with Crippen molar-refractivity contribution in [1.82, 2.24) is 14.3 Å². The Morgan fingerprint density at radius 3 is 2.84 bits per heavy atom. The van der Waals surface area contributed by atoms with Crippen LogP contribution in [0.1, 0.15) is 16.2 Å². The van der Waals surface area contributed by atoms with Crippen LogP contribution in [-0.4, -0.2) is 25.2 Å². The Morgan fingerprint density at radius 1 is 1.48 bits per heavy atom. The summed E-state index contributed by atoms with van der Waals surface area (Å²) in [5, 5.41) is 15.1. The maximum Gasteiger partial charge on any atom is 0.297 e. The first-order valence-corrected chi connectivity index (χ1v) is 8.03. The van der Waals surface area contributed by atoms with Crippen molar-refractivity contribution in [3.8, 4) is 12.3 Å². The lowest BCUT2D eigenvalue weighted by atomic mass is 10.3. The smallest absolute Gasteiger partial charge is 0.297 e. The molecule has 25 heavy (non-hydrogen) atoms. The van der Waals surface area contributed by atoms with E-state index in [9.17, 15) is 14.9 Å². The monoisotopic (exact) mass is 355 g/mol. The van der Waals surface area contributed by atoms with Crippen LogP contribution < -0.4 is 4.80 Å². The predicted octanol–water partition coefficient (Wildman–Crippen LogP) is 2.03. The fourth-order valence-corrected chi connectivity index (χ4v) is 3.46. The zero-order valence-corrected chi connectivity index (χ0v) is 14.3. The molecule has 3 rings (SSSR count). The number of thiazole rings is 1. The molecule has 0 unspecified atom stereocenters. The molecular formula is C16H13N5O3S. The van der Waals surface area contributed by atoms with E-state index in [-0.39, 0.29) is 12.2 Å². The summed E-state index contributed by atoms with van der Waals surface area (Å²) in [6.45, 7) is 1.94. The molecule has 2 aromatic heterocycles. The highest BCUT2D eigenvalue weighted by Gasteiger charge is 2.15. The number of nitro benzene ring substituents is 1. The van der Waals surface area contributed by atoms with Gasteiger partial charge >= 0.3 is 0 Å². The number of hydrogen-bond acceptors (Lipinski definition) is 5. The Kier molecular flexibility index (Phi) is 4.21. The summed E-state index contributed by atoms with van der Waals surface area (Å²) in [5.41, 5.74) is 1.60. The van der Waals surface area contributed by atoms with Gasteiger partial charge in [-0.05, 0) is 19.1 Å². The molecule has 0 spiro atoms. The highest BCUT2D eigenvalue weighted by molar-refractivity contribution is 7.16. The number of carbonyl (C=O) groups is 1. The minimum Gasteiger partial charge on any atom is -0.304 e. The summed E-state index contributed by atoms with van der Waals surface area (Å²) in [5.74, 6) is 2.04. The van der Waals surface area contributed by atoms with E-state index in [0.29, 0.717) is 21.7 Å². The molecule has 0 bridgehead atoms. The molecule has 0 aliphatic carbocycles. The summed E-state index contributed by atoms with van der Waals surface area (Å²) in [7, 11) is 1.67. The molecule has 3 aromatic rings. The maximum atomic E-state index is 12.5. The molecule has 1 amide bonds. The van der Waals surface area contributed by atoms with Gasteiger partial charge in [0.15, 0.2) is 4.80 Å². The predicted molar refractivity (Wildman–Crippen MR) is 93.1 cm³/mol. The number of fused-ring (bicyclic) bond motifs is 1. The Morgan fingerprint density at radius 2 is 2.24 bits per heavy atom. The number of aryl methyl sites for hydroxylation is 2. The van der Waals surface area contributed by atoms with Crippen molar-refractivity contribution in [2.75, 3.05) is 0 Å². The number of rotatable bonds is 3. The van der Waals surface area contributed by atoms with Gasteiger partial charge in [0.1, 0.15) is 5.69 Å². The normalized spacial score (nSPS) is 11.6. The SMILES string of the molecule is C#CCn1c(=NC(=O)c2cc(C)nn2C)sc2ccc([N+](=O)[O-])cc21. The summed E-state index contributed by atoms with van der Waals surface area (Å²) in [6.07, 6.45) is 5.41. The van der Waals surface area contributed by atoms with E-state index in [1.165, 1.54) is 28.2 Å². The van der Waals surface area contributed by atoms with Gasteiger partial charge in [0.05, 0.1) is 27.4 Å². The Labute approximate surface area is 146 Å². The molecule has 2 heterocycles. The second kappa shape index (κ2) is 6.33. The molecule has 0 saturated heterocycles. The molecule has 0 N–H and O–H groups in total. The Balaban J connectivity index is 2.19. The van der Waals surface area contributed by atoms with Crippen LogP contribution in [0.2, 0.25) is 0 Å². The van der Waals surface area contributed by atoms with Gasteiger partial charge in [-0.3, -0.25) is 19.6 Å². The number of amides is 1. The van der Waals surface area contributed by atoms with Crippen molar-refractivity contribution >= 4 is 33.1 Å². The minimum atomic E-state index is -0.474. The van der Waals surface area contributed by atoms with Crippen molar-refractivity contribution in [2.45, 2.75) is 13.5 Å². The number of benzene rings is 1. The van der Waals surface area contributed by atoms with Gasteiger partial charge < -0.3 is 4.57 Å². The van der Waals surface area contributed by atoms with Gasteiger partial charge in [-0.1, -0.05) is 17.3 Å². The molecule has 0 aliphatic rings. The van der Waals surface area contributed by atoms with E-state index in [0.717, 1.165) is 4.70 Å². The van der Waals surface area contributed by atoms with Gasteiger partial charge in [0, 0.05) is 19.2 Å². The summed E-state index contributed by atoms with van der Waals surface area (Å²) < 4.78 is 3.84. The maximum absolute atomic E-state index is 12.5. The zero-order valence-electron chi connectivity index (χ0n) is 13.5. The van der Waals surface area contributed by atoms with Crippen LogP contribution in [0, 0.1) is 29.4 Å². The molecular weight excluding hydrogens is 342 g/mol. The quantitative estimate of drug-likeness (QED) is 0.408. The fourth-order valence-electron chi connectivity index (χ4n) is 2.46. The first-order chi connectivity index (χ1) is 11.9. The van der Waals surface area contributed by atoms with E-state index in [4.69, 9.17) is 6.42 Å². The number of non-ortho nitro benzene ring substituents is 1. The lowest BCUT2D eigenvalue weighted by molar-refractivity contribution is -0.384. The number of terminal acetylenes is 1. The Bertz CT molecular complexity index is 1110. The molecule has 1 aromatic carbocycles. The van der Waals surface area contributed by atoms with Crippen molar-refractivity contribution < 1.29 is 9.72 Å². The lowest BCUT2D eigenvalue weighted by Crippen LogP contribution is -2.17. The second-order valence-electron chi connectivity index (χ2n) is 5.30. The van der Waals surface area contributed by atoms with Crippen molar-refractivity contribution in [3.05, 3.63) is 50.6 Å². The van der Waals surface area contributed by atoms with Crippen LogP contribution in [0.25, 0.3) is 10.2 Å². The van der Waals surface area contributed by atoms with Crippen LogP contribution in [0.15, 0.2) is 29.3 Å². The number of hydrogen-bond donors (Lipinski definition) is 0. The van der Waals surface area contributed by atoms with E-state index < -0.39 is 10.8 Å². The highest BCUT2D eigenvalue weighted by atomic mass is 32.1. The highest BCUT2D eigenvalue weighted by Crippen LogP contribution is 2.23. The van der Waals surface area contributed by atoms with Crippen LogP contribution in [0.4, 0.5) is 5.69 Å². The summed E-state index contributed by atoms with van der Waals surface area (Å²) >= 11 is 1.25. The van der Waals surface area contributed by atoms with Gasteiger partial charge in [-0.15, -0.1) is 6.42 Å². The van der Waals surface area contributed by atoms with E-state index in [2.05, 4.69) is 16.0 Å². The number of aromatic nitrogens is 3. The van der Waals surface area contributed by atoms with Crippen LogP contribution in [-0.2, 0) is 13.6 Å². The van der Waals surface area contributed by atoms with Gasteiger partial charge in [0.2, 0.25) is 0 Å². The molecule has 0 atom stereocenters. The standard InChI is InChI=1S/C16H13N5O3S/c1-4-7-20-12-9-11(21(23)24)5-6-14(12)25-16(20)17-15(22)13-8-10(2)18-19(13)3/h1,5-6,8-9H,7H2,2-3H3. The molecule has 9 heteroatoms. The van der Waals surface area contributed by atoms with Gasteiger partial charge in [0.25, 0.3) is 11.6 Å². The molecule has 0 fully saturated rings. The fraction of sp³-hybridized carbons (Fsp3) is 0.188. The third kappa shape index (κ3) is 3.07. The van der Waals surface area contributed by atoms with Crippen molar-refractivity contribution in [1.29, 1.82) is 0 Å². The molecule has 126 valence electrons. The number of carbonyl (C=O) groups excluding carboxylic acids is 1. The minimum absolute atomic E-state index is 0.0452. The van der Waals surface area contributed by atoms with E-state index in [1.54, 1.807) is 30.7 Å². The molecule has 0 saturated carbocycles. The second-order valence-corrected chi connectivity index (χ2v) is 6.30. The van der Waals surface area contributed by atoms with Crippen LogP contribution in [0.3, 0.4) is 0 Å². The van der Waals surface area contributed by atoms with Crippen LogP contribution in [0.5, 0.6) is 0 Å². The molecule has 0 aliphatic heterocycles. The first-order valence-electron chi connectivity index (χ1n) is 7.21. The van der Waals surface area contributed by atoms with Crippen molar-refractivity contribution in [2.24, 2.45) is 12.0 Å². The zero-order chi connectivity index (χ0) is 18.1. The third-order valence-corrected chi connectivity index (χ3v) is 4.60. The lowest BCUT2D eigenvalue weighted by Gasteiger charge is -2.00. The molecule has 8 nitrogen and oxygen atoms in total. The molecule has 0 radical (unpaired) electrons. The van der Waals surface area contributed by atoms with Crippen LogP contribution >= 0.6 is 11.3 Å². The first kappa shape index (κ1) is 16.6. The van der Waals surface area contributed by atoms with E-state index >= 15 is 0 Å². The average molecular weight is 355 g/mol. The van der Waals surface area contributed by atoms with E-state index in [1.807, 2.05) is 0 Å². The number of nitro groups is 1. The number of nitrogens with zero attached hydrogens (tertiary/aromatic N) is 5. The largest absolute Gasteiger partial charge is 0.304 e. The van der Waals surface area contributed by atoms with Gasteiger partial charge in [-0.25, -0.2) is 0 Å².